The Hall–Kier alpha value is -2.54. The number of halogens is 2. The first-order valence-corrected chi connectivity index (χ1v) is 16.6. The molecular formula is C29H32Cl2N2O7S2. The molecule has 5 rings (SSSR count). The normalized spacial score (nSPS) is 18.3. The van der Waals surface area contributed by atoms with E-state index in [4.69, 9.17) is 37.4 Å². The fourth-order valence-electron chi connectivity index (χ4n) is 5.07. The zero-order valence-electron chi connectivity index (χ0n) is 22.9. The zero-order chi connectivity index (χ0) is 29.0. The number of thioether (sulfide) groups is 1. The van der Waals surface area contributed by atoms with Gasteiger partial charge in [-0.25, -0.2) is 18.2 Å². The van der Waals surface area contributed by atoms with Crippen molar-refractivity contribution in [1.82, 2.24) is 4.31 Å². The largest absolute Gasteiger partial charge is 0.870 e. The minimum Gasteiger partial charge on any atom is -0.870 e. The van der Waals surface area contributed by atoms with Gasteiger partial charge in [0, 0.05) is 24.3 Å². The van der Waals surface area contributed by atoms with E-state index in [1.54, 1.807) is 49.8 Å². The molecule has 9 nitrogen and oxygen atoms in total. The number of nitrogens with one attached hydrogen (secondary N) is 1. The van der Waals surface area contributed by atoms with Crippen LogP contribution in [0.2, 0.25) is 10.0 Å². The second kappa shape index (κ2) is 14.3. The number of rotatable bonds is 10. The lowest BCUT2D eigenvalue weighted by Crippen LogP contribution is -2.40. The van der Waals surface area contributed by atoms with E-state index in [2.05, 4.69) is 4.98 Å². The van der Waals surface area contributed by atoms with Gasteiger partial charge in [0.05, 0.1) is 18.1 Å². The molecule has 1 aromatic heterocycles. The molecule has 2 atom stereocenters. The van der Waals surface area contributed by atoms with Crippen LogP contribution in [0.3, 0.4) is 0 Å². The van der Waals surface area contributed by atoms with Crippen LogP contribution in [0.1, 0.15) is 42.9 Å². The van der Waals surface area contributed by atoms with Crippen LogP contribution >= 0.6 is 35.0 Å². The molecule has 1 saturated heterocycles. The van der Waals surface area contributed by atoms with Crippen molar-refractivity contribution < 1.29 is 37.9 Å². The van der Waals surface area contributed by atoms with Gasteiger partial charge in [-0.2, -0.15) is 4.31 Å². The molecule has 226 valence electrons. The first kappa shape index (κ1) is 32.4. The van der Waals surface area contributed by atoms with Gasteiger partial charge in [-0.05, 0) is 55.5 Å². The maximum absolute atomic E-state index is 13.7. The summed E-state index contributed by atoms with van der Waals surface area (Å²) >= 11 is 14.2. The van der Waals surface area contributed by atoms with Gasteiger partial charge in [-0.15, -0.1) is 11.8 Å². The predicted octanol–water partition coefficient (Wildman–Crippen LogP) is 5.55. The number of ether oxygens (including phenoxy) is 3. The highest BCUT2D eigenvalue weighted by atomic mass is 35.5. The van der Waals surface area contributed by atoms with E-state index in [0.29, 0.717) is 38.4 Å². The van der Waals surface area contributed by atoms with E-state index in [-0.39, 0.29) is 29.4 Å². The standard InChI is InChI=1S/C29H30Cl2N2O6S2.H2O/c1-37-25-12-11-19(15-27(25)38-20-7-5-6-8-20)26(16-22-23(30)17-32-18-24(22)31)39-29(34)28-33(13-14-40-28)41(35,36)21-9-3-2-4-10-21;/h2-4,9-12,15,17-18,20,26,28H,5-8,13-14,16H2,1H3;1H2/t26?,28-;/m0./s1. The fraction of sp³-hybridized carbons (Fsp3) is 0.379. The topological polar surface area (TPSA) is 126 Å². The van der Waals surface area contributed by atoms with Crippen molar-refractivity contribution >= 4 is 51.0 Å². The number of H-pyrrole nitrogens is 1. The third kappa shape index (κ3) is 7.15. The maximum Gasteiger partial charge on any atom is 0.335 e. The van der Waals surface area contributed by atoms with E-state index < -0.39 is 27.5 Å². The first-order chi connectivity index (χ1) is 19.8. The molecule has 1 aliphatic heterocycles. The summed E-state index contributed by atoms with van der Waals surface area (Å²) < 4.78 is 45.9. The molecule has 13 heteroatoms. The summed E-state index contributed by atoms with van der Waals surface area (Å²) in [7, 11) is -2.33. The molecule has 2 aromatic carbocycles. The SMILES string of the molecule is COc1ccc(C(Cc2c(Cl)c[nH+]cc2Cl)OC(=O)[C@@H]2SCCN2S(=O)(=O)c2ccccc2)cc1OC1CCCC1.[OH-]. The van der Waals surface area contributed by atoms with Crippen LogP contribution in [-0.2, 0) is 26.0 Å². The highest BCUT2D eigenvalue weighted by Crippen LogP contribution is 2.38. The first-order valence-electron chi connectivity index (χ1n) is 13.4. The third-order valence-corrected chi connectivity index (χ3v) is 11.1. The summed E-state index contributed by atoms with van der Waals surface area (Å²) in [6.45, 7) is 0.195. The Balaban J connectivity index is 0.00000405. The van der Waals surface area contributed by atoms with Crippen LogP contribution in [0.25, 0.3) is 0 Å². The number of pyridine rings is 1. The van der Waals surface area contributed by atoms with Crippen molar-refractivity contribution in [1.29, 1.82) is 0 Å². The quantitative estimate of drug-likeness (QED) is 0.260. The minimum absolute atomic E-state index is 0. The van der Waals surface area contributed by atoms with Gasteiger partial charge in [-0.1, -0.05) is 47.5 Å². The molecule has 2 N–H and O–H groups in total. The molecule has 3 aromatic rings. The molecular weight excluding hydrogens is 623 g/mol. The monoisotopic (exact) mass is 654 g/mol. The van der Waals surface area contributed by atoms with Crippen LogP contribution in [-0.4, -0.2) is 55.1 Å². The van der Waals surface area contributed by atoms with Crippen LogP contribution in [0.4, 0.5) is 0 Å². The second-order valence-corrected chi connectivity index (χ2v) is 13.7. The van der Waals surface area contributed by atoms with Crippen molar-refractivity contribution in [3.63, 3.8) is 0 Å². The Labute approximate surface area is 259 Å². The molecule has 1 saturated carbocycles. The Bertz CT molecular complexity index is 1470. The molecule has 0 amide bonds. The molecule has 1 unspecified atom stereocenters. The van der Waals surface area contributed by atoms with E-state index in [1.165, 1.54) is 28.2 Å². The van der Waals surface area contributed by atoms with Gasteiger partial charge in [0.15, 0.2) is 29.3 Å². The summed E-state index contributed by atoms with van der Waals surface area (Å²) in [5.74, 6) is 0.924. The minimum atomic E-state index is -3.91. The second-order valence-electron chi connectivity index (χ2n) is 9.85. The van der Waals surface area contributed by atoms with E-state index in [0.717, 1.165) is 25.7 Å². The molecule has 42 heavy (non-hydrogen) atoms. The van der Waals surface area contributed by atoms with Crippen LogP contribution in [0.5, 0.6) is 11.5 Å². The van der Waals surface area contributed by atoms with Crippen molar-refractivity contribution in [2.24, 2.45) is 0 Å². The number of aromatic amines is 1. The average Bonchev–Trinajstić information content (AvgIpc) is 3.68. The Morgan fingerprint density at radius 3 is 2.43 bits per heavy atom. The smallest absolute Gasteiger partial charge is 0.335 e. The zero-order valence-corrected chi connectivity index (χ0v) is 26.0. The third-order valence-electron chi connectivity index (χ3n) is 7.20. The number of aromatic nitrogens is 1. The molecule has 0 bridgehead atoms. The number of hydrogen-bond acceptors (Lipinski definition) is 8. The predicted molar refractivity (Wildman–Crippen MR) is 160 cm³/mol. The van der Waals surface area contributed by atoms with Crippen molar-refractivity contribution in [2.45, 2.75) is 54.6 Å². The van der Waals surface area contributed by atoms with Gasteiger partial charge < -0.3 is 19.7 Å². The number of carbonyl (C=O) groups excluding carboxylic acids is 1. The van der Waals surface area contributed by atoms with Crippen LogP contribution < -0.4 is 14.5 Å². The lowest BCUT2D eigenvalue weighted by molar-refractivity contribution is -0.377. The summed E-state index contributed by atoms with van der Waals surface area (Å²) in [4.78, 5) is 16.7. The molecule has 2 fully saturated rings. The number of benzene rings is 2. The average molecular weight is 656 g/mol. The van der Waals surface area contributed by atoms with E-state index >= 15 is 0 Å². The number of methoxy groups -OCH3 is 1. The molecule has 0 spiro atoms. The van der Waals surface area contributed by atoms with Crippen molar-refractivity contribution in [2.75, 3.05) is 19.4 Å². The van der Waals surface area contributed by atoms with E-state index in [9.17, 15) is 13.2 Å². The highest BCUT2D eigenvalue weighted by molar-refractivity contribution is 8.02. The summed E-state index contributed by atoms with van der Waals surface area (Å²) in [6.07, 6.45) is 6.75. The summed E-state index contributed by atoms with van der Waals surface area (Å²) in [5, 5.41) is -0.263. The van der Waals surface area contributed by atoms with Crippen molar-refractivity contribution in [3.05, 3.63) is 82.1 Å². The van der Waals surface area contributed by atoms with Gasteiger partial charge in [0.2, 0.25) is 10.0 Å². The maximum atomic E-state index is 13.7. The Kier molecular flexibility index (Phi) is 11.0. The number of esters is 1. The number of sulfonamides is 1. The van der Waals surface area contributed by atoms with Gasteiger partial charge in [0.1, 0.15) is 16.1 Å². The number of carbonyl (C=O) groups is 1. The number of nitrogens with zero attached hydrogens (tertiary/aromatic N) is 1. The lowest BCUT2D eigenvalue weighted by Gasteiger charge is -2.26. The van der Waals surface area contributed by atoms with Crippen molar-refractivity contribution in [3.8, 4) is 11.5 Å². The van der Waals surface area contributed by atoms with Crippen LogP contribution in [0.15, 0.2) is 65.8 Å². The number of hydrogen-bond donors (Lipinski definition) is 0. The van der Waals surface area contributed by atoms with E-state index in [1.807, 2.05) is 6.07 Å². The van der Waals surface area contributed by atoms with Gasteiger partial charge in [-0.3, -0.25) is 0 Å². The highest BCUT2D eigenvalue weighted by Gasteiger charge is 2.42. The summed E-state index contributed by atoms with van der Waals surface area (Å²) in [5.41, 5.74) is 1.24. The Morgan fingerprint density at radius 1 is 1.07 bits per heavy atom. The molecule has 2 heterocycles. The molecule has 1 aliphatic carbocycles. The fourth-order valence-corrected chi connectivity index (χ4v) is 8.67. The lowest BCUT2D eigenvalue weighted by atomic mass is 10.0. The van der Waals surface area contributed by atoms with Gasteiger partial charge >= 0.3 is 5.97 Å². The summed E-state index contributed by atoms with van der Waals surface area (Å²) in [6, 6.07) is 13.5. The van der Waals surface area contributed by atoms with Gasteiger partial charge in [0.25, 0.3) is 0 Å². The Morgan fingerprint density at radius 2 is 1.76 bits per heavy atom. The van der Waals surface area contributed by atoms with Crippen LogP contribution in [0, 0.1) is 0 Å². The molecule has 0 radical (unpaired) electrons. The molecule has 2 aliphatic rings.